The number of hydrogen-bond donors (Lipinski definition) is 2. The van der Waals surface area contributed by atoms with Crippen molar-refractivity contribution < 1.29 is 18.4 Å². The van der Waals surface area contributed by atoms with Gasteiger partial charge in [-0.1, -0.05) is 23.7 Å². The molecule has 0 unspecified atom stereocenters. The molecule has 3 amide bonds. The average Bonchev–Trinajstić information content (AvgIpc) is 3.08. The van der Waals surface area contributed by atoms with E-state index in [2.05, 4.69) is 5.32 Å². The van der Waals surface area contributed by atoms with Crippen LogP contribution >= 0.6 is 22.9 Å². The molecule has 0 spiro atoms. The number of carbonyl (C=O) groups excluding carboxylic acids is 2. The zero-order valence-corrected chi connectivity index (χ0v) is 14.6. The van der Waals surface area contributed by atoms with Crippen LogP contribution in [-0.2, 0) is 0 Å². The molecule has 2 N–H and O–H groups in total. The maximum atomic E-state index is 13.6. The zero-order chi connectivity index (χ0) is 18.7. The molecule has 0 bridgehead atoms. The highest BCUT2D eigenvalue weighted by atomic mass is 35.5. The van der Waals surface area contributed by atoms with E-state index in [-0.39, 0.29) is 0 Å². The fourth-order valence-corrected chi connectivity index (χ4v) is 3.37. The molecule has 1 aromatic heterocycles. The second-order valence-corrected chi connectivity index (χ2v) is 6.53. The third-order valence-corrected chi connectivity index (χ3v) is 4.65. The Morgan fingerprint density at radius 1 is 1.00 bits per heavy atom. The smallest absolute Gasteiger partial charge is 0.308 e. The van der Waals surface area contributed by atoms with Gasteiger partial charge in [0.1, 0.15) is 17.2 Å². The third kappa shape index (κ3) is 3.89. The Bertz CT molecular complexity index is 957. The maximum Gasteiger partial charge on any atom is 0.326 e. The molecule has 132 valence electrons. The van der Waals surface area contributed by atoms with Crippen molar-refractivity contribution in [2.75, 3.05) is 5.32 Å². The number of nitrogens with one attached hydrogen (secondary N) is 2. The van der Waals surface area contributed by atoms with Gasteiger partial charge in [-0.2, -0.15) is 0 Å². The van der Waals surface area contributed by atoms with E-state index < -0.39 is 29.1 Å². The van der Waals surface area contributed by atoms with Gasteiger partial charge in [0.05, 0.1) is 5.02 Å². The van der Waals surface area contributed by atoms with E-state index in [9.17, 15) is 18.4 Å². The molecule has 0 aliphatic heterocycles. The summed E-state index contributed by atoms with van der Waals surface area (Å²) in [6.45, 7) is 0. The molecule has 3 aromatic rings. The van der Waals surface area contributed by atoms with E-state index >= 15 is 0 Å². The lowest BCUT2D eigenvalue weighted by molar-refractivity contribution is 0.0959. The minimum atomic E-state index is -1.18. The second kappa shape index (κ2) is 7.63. The molecular formula is C18H11ClF2N2O2S. The number of carbonyl (C=O) groups is 2. The van der Waals surface area contributed by atoms with Crippen LogP contribution in [0.5, 0.6) is 0 Å². The number of anilines is 1. The largest absolute Gasteiger partial charge is 0.326 e. The lowest BCUT2D eigenvalue weighted by Gasteiger charge is -2.09. The quantitative estimate of drug-likeness (QED) is 0.634. The average molecular weight is 393 g/mol. The van der Waals surface area contributed by atoms with Crippen LogP contribution in [0.2, 0.25) is 5.02 Å². The number of imide groups is 1. The molecule has 2 aromatic carbocycles. The molecule has 1 heterocycles. The number of amides is 3. The first kappa shape index (κ1) is 18.0. The first-order chi connectivity index (χ1) is 12.5. The Kier molecular flexibility index (Phi) is 5.29. The van der Waals surface area contributed by atoms with E-state index in [0.29, 0.717) is 10.7 Å². The Balaban J connectivity index is 1.70. The summed E-state index contributed by atoms with van der Waals surface area (Å²) in [5.74, 6) is -3.29. The fourth-order valence-electron chi connectivity index (χ4n) is 2.27. The minimum Gasteiger partial charge on any atom is -0.308 e. The molecule has 0 aliphatic carbocycles. The van der Waals surface area contributed by atoms with Crippen molar-refractivity contribution in [2.24, 2.45) is 0 Å². The number of hydrogen-bond acceptors (Lipinski definition) is 3. The predicted octanol–water partition coefficient (Wildman–Crippen LogP) is 5.31. The van der Waals surface area contributed by atoms with Gasteiger partial charge in [-0.3, -0.25) is 10.1 Å². The highest BCUT2D eigenvalue weighted by molar-refractivity contribution is 7.13. The normalized spacial score (nSPS) is 10.4. The molecule has 0 radical (unpaired) electrons. The summed E-state index contributed by atoms with van der Waals surface area (Å²) in [7, 11) is 0. The van der Waals surface area contributed by atoms with Gasteiger partial charge >= 0.3 is 6.03 Å². The van der Waals surface area contributed by atoms with Crippen LogP contribution in [0, 0.1) is 11.6 Å². The van der Waals surface area contributed by atoms with Crippen molar-refractivity contribution in [2.45, 2.75) is 0 Å². The summed E-state index contributed by atoms with van der Waals surface area (Å²) in [4.78, 5) is 24.8. The predicted molar refractivity (Wildman–Crippen MR) is 97.6 cm³/mol. The number of benzene rings is 2. The SMILES string of the molecule is O=C(NC(=O)c1c(F)cccc1F)Nc1ccc(-c2cccs2)c(Cl)c1. The summed E-state index contributed by atoms with van der Waals surface area (Å²) in [5.41, 5.74) is 0.306. The summed E-state index contributed by atoms with van der Waals surface area (Å²) in [6.07, 6.45) is 0. The van der Waals surface area contributed by atoms with Crippen LogP contribution in [-0.4, -0.2) is 11.9 Å². The summed E-state index contributed by atoms with van der Waals surface area (Å²) < 4.78 is 27.1. The first-order valence-corrected chi connectivity index (χ1v) is 8.61. The fraction of sp³-hybridized carbons (Fsp3) is 0. The number of urea groups is 1. The molecule has 4 nitrogen and oxygen atoms in total. The van der Waals surface area contributed by atoms with E-state index in [1.165, 1.54) is 17.4 Å². The topological polar surface area (TPSA) is 58.2 Å². The highest BCUT2D eigenvalue weighted by Gasteiger charge is 2.19. The van der Waals surface area contributed by atoms with Crippen LogP contribution in [0.25, 0.3) is 10.4 Å². The van der Waals surface area contributed by atoms with Crippen LogP contribution in [0.1, 0.15) is 10.4 Å². The van der Waals surface area contributed by atoms with Gasteiger partial charge in [0.25, 0.3) is 5.91 Å². The lowest BCUT2D eigenvalue weighted by Crippen LogP contribution is -2.35. The van der Waals surface area contributed by atoms with Gasteiger partial charge in [-0.15, -0.1) is 11.3 Å². The summed E-state index contributed by atoms with van der Waals surface area (Å²) in [6, 6.07) is 10.7. The summed E-state index contributed by atoms with van der Waals surface area (Å²) >= 11 is 7.74. The Morgan fingerprint density at radius 3 is 2.35 bits per heavy atom. The number of halogens is 3. The maximum absolute atomic E-state index is 13.6. The van der Waals surface area contributed by atoms with Gasteiger partial charge in [-0.25, -0.2) is 13.6 Å². The summed E-state index contributed by atoms with van der Waals surface area (Å²) in [5, 5.41) is 6.61. The number of rotatable bonds is 3. The van der Waals surface area contributed by atoms with Crippen molar-refractivity contribution in [3.63, 3.8) is 0 Å². The van der Waals surface area contributed by atoms with E-state index in [0.717, 1.165) is 28.6 Å². The molecule has 26 heavy (non-hydrogen) atoms. The standard InChI is InChI=1S/C18H11ClF2N2O2S/c19-12-9-10(6-7-11(12)15-5-2-8-26-15)22-18(25)23-17(24)16-13(20)3-1-4-14(16)21/h1-9H,(H2,22,23,24,25). The zero-order valence-electron chi connectivity index (χ0n) is 13.1. The van der Waals surface area contributed by atoms with Crippen molar-refractivity contribution in [1.29, 1.82) is 0 Å². The van der Waals surface area contributed by atoms with Crippen molar-refractivity contribution in [3.8, 4) is 10.4 Å². The molecular weight excluding hydrogens is 382 g/mol. The lowest BCUT2D eigenvalue weighted by atomic mass is 10.1. The first-order valence-electron chi connectivity index (χ1n) is 7.35. The van der Waals surface area contributed by atoms with Crippen LogP contribution in [0.15, 0.2) is 53.9 Å². The number of thiophene rings is 1. The molecule has 3 rings (SSSR count). The monoisotopic (exact) mass is 392 g/mol. The molecule has 0 fully saturated rings. The Labute approximate surface area is 156 Å². The van der Waals surface area contributed by atoms with Gasteiger partial charge in [0.2, 0.25) is 0 Å². The van der Waals surface area contributed by atoms with Crippen LogP contribution in [0.3, 0.4) is 0 Å². The molecule has 0 saturated carbocycles. The van der Waals surface area contributed by atoms with Gasteiger partial charge in [0.15, 0.2) is 0 Å². The van der Waals surface area contributed by atoms with Crippen molar-refractivity contribution in [1.82, 2.24) is 5.32 Å². The molecule has 8 heteroatoms. The van der Waals surface area contributed by atoms with Gasteiger partial charge in [0, 0.05) is 16.1 Å². The highest BCUT2D eigenvalue weighted by Crippen LogP contribution is 2.33. The van der Waals surface area contributed by atoms with Gasteiger partial charge < -0.3 is 5.32 Å². The third-order valence-electron chi connectivity index (χ3n) is 3.43. The molecule has 0 aliphatic rings. The van der Waals surface area contributed by atoms with E-state index in [4.69, 9.17) is 11.6 Å². The molecule has 0 saturated heterocycles. The van der Waals surface area contributed by atoms with Crippen molar-refractivity contribution >= 4 is 40.6 Å². The van der Waals surface area contributed by atoms with E-state index in [1.807, 2.05) is 22.8 Å². The van der Waals surface area contributed by atoms with E-state index in [1.54, 1.807) is 12.1 Å². The van der Waals surface area contributed by atoms with Gasteiger partial charge in [-0.05, 0) is 41.8 Å². The second-order valence-electron chi connectivity index (χ2n) is 5.18. The van der Waals surface area contributed by atoms with Crippen LogP contribution < -0.4 is 10.6 Å². The van der Waals surface area contributed by atoms with Crippen molar-refractivity contribution in [3.05, 3.63) is 76.1 Å². The van der Waals surface area contributed by atoms with Crippen LogP contribution in [0.4, 0.5) is 19.3 Å². The minimum absolute atomic E-state index is 0.328. The Morgan fingerprint density at radius 2 is 1.73 bits per heavy atom. The Hall–Kier alpha value is -2.77. The molecule has 0 atom stereocenters.